The van der Waals surface area contributed by atoms with Gasteiger partial charge in [0.25, 0.3) is 11.7 Å². The van der Waals surface area contributed by atoms with Gasteiger partial charge in [0, 0.05) is 6.54 Å². The lowest BCUT2D eigenvalue weighted by Gasteiger charge is -2.30. The Morgan fingerprint density at radius 1 is 1.40 bits per heavy atom. The molecule has 0 aromatic rings. The van der Waals surface area contributed by atoms with Crippen LogP contribution in [0.3, 0.4) is 0 Å². The Morgan fingerprint density at radius 3 is 2.27 bits per heavy atom. The van der Waals surface area contributed by atoms with Crippen molar-refractivity contribution in [3.05, 3.63) is 0 Å². The van der Waals surface area contributed by atoms with Gasteiger partial charge in [-0.15, -0.1) is 0 Å². The molecule has 0 aliphatic carbocycles. The summed E-state index contributed by atoms with van der Waals surface area (Å²) in [6.45, 7) is 7.26. The van der Waals surface area contributed by atoms with E-state index in [4.69, 9.17) is 0 Å². The van der Waals surface area contributed by atoms with Crippen molar-refractivity contribution in [2.45, 2.75) is 32.7 Å². The van der Waals surface area contributed by atoms with Crippen LogP contribution < -0.4 is 5.43 Å². The molecule has 0 spiro atoms. The maximum Gasteiger partial charge on any atom is 0.299 e. The number of nitrogens with one attached hydrogen (secondary N) is 1. The molecular weight excluding hydrogens is 198 g/mol. The molecular formula is C9H19N3O3. The molecule has 1 saturated heterocycles. The van der Waals surface area contributed by atoms with Crippen LogP contribution in [0.2, 0.25) is 0 Å². The molecule has 1 unspecified atom stereocenters. The van der Waals surface area contributed by atoms with Crippen molar-refractivity contribution in [1.29, 1.82) is 0 Å². The SMILES string of the molecule is CCN1NC(N(CC)CC)C(O)(O)C1=O. The molecule has 3 N–H and O–H groups in total. The normalized spacial score (nSPS) is 25.3. The van der Waals surface area contributed by atoms with Gasteiger partial charge in [-0.3, -0.25) is 14.7 Å². The maximum atomic E-state index is 11.5. The minimum absolute atomic E-state index is 0.402. The van der Waals surface area contributed by atoms with Gasteiger partial charge in [0.15, 0.2) is 0 Å². The Bertz CT molecular complexity index is 241. The van der Waals surface area contributed by atoms with Gasteiger partial charge in [-0.1, -0.05) is 13.8 Å². The molecule has 0 radical (unpaired) electrons. The second-order valence-electron chi connectivity index (χ2n) is 3.53. The molecule has 0 aromatic heterocycles. The van der Waals surface area contributed by atoms with E-state index in [-0.39, 0.29) is 0 Å². The van der Waals surface area contributed by atoms with Gasteiger partial charge in [0.2, 0.25) is 0 Å². The number of aliphatic hydroxyl groups is 2. The summed E-state index contributed by atoms with van der Waals surface area (Å²) in [4.78, 5) is 13.3. The molecule has 1 aliphatic heterocycles. The van der Waals surface area contributed by atoms with Crippen molar-refractivity contribution in [3.8, 4) is 0 Å². The molecule has 0 bridgehead atoms. The Hall–Kier alpha value is -0.690. The standard InChI is InChI=1S/C9H19N3O3/c1-4-11(5-2)7-9(14,15)8(13)12(6-3)10-7/h7,10,14-15H,4-6H2,1-3H3. The summed E-state index contributed by atoms with van der Waals surface area (Å²) in [6.07, 6.45) is -0.764. The summed E-state index contributed by atoms with van der Waals surface area (Å²) in [5, 5.41) is 20.7. The fraction of sp³-hybridized carbons (Fsp3) is 0.889. The monoisotopic (exact) mass is 217 g/mol. The van der Waals surface area contributed by atoms with Crippen LogP contribution in [0, 0.1) is 0 Å². The van der Waals surface area contributed by atoms with Gasteiger partial charge in [-0.05, 0) is 20.0 Å². The van der Waals surface area contributed by atoms with E-state index in [1.54, 1.807) is 11.8 Å². The van der Waals surface area contributed by atoms with Crippen LogP contribution in [0.25, 0.3) is 0 Å². The first kappa shape index (κ1) is 12.4. The third kappa shape index (κ3) is 1.98. The van der Waals surface area contributed by atoms with E-state index >= 15 is 0 Å². The van der Waals surface area contributed by atoms with Crippen LogP contribution >= 0.6 is 0 Å². The average molecular weight is 217 g/mol. The summed E-state index contributed by atoms with van der Waals surface area (Å²) in [7, 11) is 0. The highest BCUT2D eigenvalue weighted by atomic mass is 16.5. The third-order valence-electron chi connectivity index (χ3n) is 2.71. The molecule has 0 aromatic carbocycles. The number of hydrogen-bond acceptors (Lipinski definition) is 5. The second kappa shape index (κ2) is 4.44. The number of likely N-dealkylation sites (N-methyl/N-ethyl adjacent to an activating group) is 2. The van der Waals surface area contributed by atoms with Crippen LogP contribution in [0.1, 0.15) is 20.8 Å². The smallest absolute Gasteiger partial charge is 0.299 e. The zero-order chi connectivity index (χ0) is 11.6. The molecule has 15 heavy (non-hydrogen) atoms. The summed E-state index contributed by atoms with van der Waals surface area (Å²) < 4.78 is 0. The zero-order valence-electron chi connectivity index (χ0n) is 9.40. The molecule has 1 rings (SSSR count). The number of hydrazine groups is 1. The van der Waals surface area contributed by atoms with Crippen molar-refractivity contribution in [2.24, 2.45) is 0 Å². The molecule has 0 saturated carbocycles. The van der Waals surface area contributed by atoms with E-state index in [0.717, 1.165) is 0 Å². The number of rotatable bonds is 4. The van der Waals surface area contributed by atoms with Crippen molar-refractivity contribution < 1.29 is 15.0 Å². The fourth-order valence-electron chi connectivity index (χ4n) is 1.77. The lowest BCUT2D eigenvalue weighted by atomic mass is 10.2. The first-order valence-electron chi connectivity index (χ1n) is 5.25. The first-order chi connectivity index (χ1) is 6.98. The van der Waals surface area contributed by atoms with Gasteiger partial charge in [0.1, 0.15) is 6.17 Å². The highest BCUT2D eigenvalue weighted by molar-refractivity contribution is 5.85. The summed E-state index contributed by atoms with van der Waals surface area (Å²) in [5.41, 5.74) is 2.79. The number of hydrogen-bond donors (Lipinski definition) is 3. The molecule has 6 nitrogen and oxygen atoms in total. The summed E-state index contributed by atoms with van der Waals surface area (Å²) in [6, 6.07) is 0. The minimum atomic E-state index is -2.33. The lowest BCUT2D eigenvalue weighted by molar-refractivity contribution is -0.199. The highest BCUT2D eigenvalue weighted by Gasteiger charge is 2.53. The molecule has 88 valence electrons. The maximum absolute atomic E-state index is 11.5. The van der Waals surface area contributed by atoms with E-state index in [1.165, 1.54) is 5.01 Å². The molecule has 1 amide bonds. The van der Waals surface area contributed by atoms with Gasteiger partial charge in [-0.2, -0.15) is 0 Å². The largest absolute Gasteiger partial charge is 0.356 e. The predicted octanol–water partition coefficient (Wildman–Crippen LogP) is -1.30. The van der Waals surface area contributed by atoms with Crippen molar-refractivity contribution in [1.82, 2.24) is 15.3 Å². The van der Waals surface area contributed by atoms with Gasteiger partial charge >= 0.3 is 0 Å². The van der Waals surface area contributed by atoms with Crippen LogP contribution in [0.15, 0.2) is 0 Å². The number of carbonyl (C=O) groups is 1. The topological polar surface area (TPSA) is 76.0 Å². The Balaban J connectivity index is 2.87. The van der Waals surface area contributed by atoms with Crippen molar-refractivity contribution >= 4 is 5.91 Å². The van der Waals surface area contributed by atoms with E-state index in [1.807, 2.05) is 13.8 Å². The van der Waals surface area contributed by atoms with Gasteiger partial charge in [-0.25, -0.2) is 5.43 Å². The minimum Gasteiger partial charge on any atom is -0.356 e. The first-order valence-corrected chi connectivity index (χ1v) is 5.25. The number of nitrogens with zero attached hydrogens (tertiary/aromatic N) is 2. The fourth-order valence-corrected chi connectivity index (χ4v) is 1.77. The molecule has 6 heteroatoms. The predicted molar refractivity (Wildman–Crippen MR) is 54.4 cm³/mol. The third-order valence-corrected chi connectivity index (χ3v) is 2.71. The van der Waals surface area contributed by atoms with Crippen LogP contribution in [-0.2, 0) is 4.79 Å². The highest BCUT2D eigenvalue weighted by Crippen LogP contribution is 2.20. The Morgan fingerprint density at radius 2 is 1.93 bits per heavy atom. The van der Waals surface area contributed by atoms with E-state index in [2.05, 4.69) is 5.43 Å². The summed E-state index contributed by atoms with van der Waals surface area (Å²) >= 11 is 0. The average Bonchev–Trinajstić information content (AvgIpc) is 2.43. The molecule has 1 atom stereocenters. The number of amides is 1. The van der Waals surface area contributed by atoms with Crippen LogP contribution in [-0.4, -0.2) is 57.6 Å². The van der Waals surface area contributed by atoms with E-state index in [9.17, 15) is 15.0 Å². The van der Waals surface area contributed by atoms with Crippen LogP contribution in [0.5, 0.6) is 0 Å². The Kier molecular flexibility index (Phi) is 3.67. The van der Waals surface area contributed by atoms with Crippen LogP contribution in [0.4, 0.5) is 0 Å². The molecule has 1 aliphatic rings. The lowest BCUT2D eigenvalue weighted by Crippen LogP contribution is -2.56. The molecule has 1 heterocycles. The number of carbonyl (C=O) groups excluding carboxylic acids is 1. The molecule has 1 fully saturated rings. The van der Waals surface area contributed by atoms with Crippen molar-refractivity contribution in [2.75, 3.05) is 19.6 Å². The quantitative estimate of drug-likeness (QED) is 0.510. The van der Waals surface area contributed by atoms with Gasteiger partial charge < -0.3 is 10.2 Å². The van der Waals surface area contributed by atoms with Gasteiger partial charge in [0.05, 0.1) is 0 Å². The Labute approximate surface area is 89.4 Å². The van der Waals surface area contributed by atoms with Crippen molar-refractivity contribution in [3.63, 3.8) is 0 Å². The second-order valence-corrected chi connectivity index (χ2v) is 3.53. The zero-order valence-corrected chi connectivity index (χ0v) is 9.40. The van der Waals surface area contributed by atoms with E-state index in [0.29, 0.717) is 19.6 Å². The van der Waals surface area contributed by atoms with E-state index < -0.39 is 17.9 Å². The summed E-state index contributed by atoms with van der Waals surface area (Å²) in [5.74, 6) is -3.02.